The molecule has 1 heterocycles. The van der Waals surface area contributed by atoms with Crippen molar-refractivity contribution in [3.63, 3.8) is 0 Å². The molecule has 1 saturated heterocycles. The predicted molar refractivity (Wildman–Crippen MR) is 52.8 cm³/mol. The van der Waals surface area contributed by atoms with E-state index in [1.54, 1.807) is 0 Å². The molecule has 0 radical (unpaired) electrons. The Kier molecular flexibility index (Phi) is 5.70. The van der Waals surface area contributed by atoms with Crippen LogP contribution in [-0.4, -0.2) is 87.3 Å². The van der Waals surface area contributed by atoms with E-state index in [0.29, 0.717) is 0 Å². The Hall–Kier alpha value is -0.320. The van der Waals surface area contributed by atoms with E-state index in [0.717, 1.165) is 0 Å². The molecule has 102 valence electrons. The Morgan fingerprint density at radius 3 is 2.24 bits per heavy atom. The maximum Gasteiger partial charge on any atom is 0.186 e. The Morgan fingerprint density at radius 1 is 1.06 bits per heavy atom. The zero-order chi connectivity index (χ0) is 13.0. The van der Waals surface area contributed by atoms with E-state index in [2.05, 4.69) is 0 Å². The first-order chi connectivity index (χ1) is 8.01. The third-order valence-corrected chi connectivity index (χ3v) is 2.51. The van der Waals surface area contributed by atoms with Gasteiger partial charge in [-0.2, -0.15) is 0 Å². The maximum absolute atomic E-state index is 9.52. The van der Waals surface area contributed by atoms with Gasteiger partial charge in [0.1, 0.15) is 30.5 Å². The van der Waals surface area contributed by atoms with E-state index in [9.17, 15) is 15.3 Å². The number of hydrogen-bond acceptors (Lipinski definition) is 8. The largest absolute Gasteiger partial charge is 0.394 e. The fraction of sp³-hybridized carbons (Fsp3) is 1.00. The average Bonchev–Trinajstić information content (AvgIpc) is 2.34. The van der Waals surface area contributed by atoms with Crippen molar-refractivity contribution in [1.82, 2.24) is 0 Å². The molecule has 6 atom stereocenters. The maximum atomic E-state index is 9.52. The second-order valence-corrected chi connectivity index (χ2v) is 3.87. The van der Waals surface area contributed by atoms with E-state index >= 15 is 0 Å². The first-order valence-electron chi connectivity index (χ1n) is 5.22. The van der Waals surface area contributed by atoms with Gasteiger partial charge in [-0.05, 0) is 0 Å². The van der Waals surface area contributed by atoms with Crippen LogP contribution in [0.3, 0.4) is 0 Å². The monoisotopic (exact) mass is 254 g/mol. The number of hydrogen-bond donors (Lipinski definition) is 6. The summed E-state index contributed by atoms with van der Waals surface area (Å²) in [4.78, 5) is 0. The van der Waals surface area contributed by atoms with Crippen molar-refractivity contribution >= 4 is 0 Å². The van der Waals surface area contributed by atoms with Crippen LogP contribution in [-0.2, 0) is 9.47 Å². The van der Waals surface area contributed by atoms with Crippen LogP contribution in [0.15, 0.2) is 0 Å². The molecule has 0 amide bonds. The topological polar surface area (TPSA) is 140 Å². The molecular formula is C9H18O8. The summed E-state index contributed by atoms with van der Waals surface area (Å²) >= 11 is 0. The van der Waals surface area contributed by atoms with Gasteiger partial charge in [0.25, 0.3) is 0 Å². The van der Waals surface area contributed by atoms with Crippen molar-refractivity contribution in [3.05, 3.63) is 0 Å². The van der Waals surface area contributed by atoms with Gasteiger partial charge in [0.15, 0.2) is 6.29 Å². The van der Waals surface area contributed by atoms with Gasteiger partial charge < -0.3 is 40.1 Å². The summed E-state index contributed by atoms with van der Waals surface area (Å²) in [6.07, 6.45) is -7.94. The molecule has 0 spiro atoms. The second kappa shape index (κ2) is 6.57. The third-order valence-electron chi connectivity index (χ3n) is 2.51. The van der Waals surface area contributed by atoms with Gasteiger partial charge in [0.05, 0.1) is 19.8 Å². The SMILES string of the molecule is OCC1O[C@@H](OC[C@@H](O)CO)C(O)C(O)[C@H]1O. The van der Waals surface area contributed by atoms with Crippen LogP contribution in [0.5, 0.6) is 0 Å². The molecule has 1 aliphatic heterocycles. The van der Waals surface area contributed by atoms with Gasteiger partial charge in [-0.1, -0.05) is 0 Å². The molecule has 8 heteroatoms. The number of rotatable bonds is 5. The van der Waals surface area contributed by atoms with Gasteiger partial charge in [-0.25, -0.2) is 0 Å². The van der Waals surface area contributed by atoms with Gasteiger partial charge in [0.2, 0.25) is 0 Å². The van der Waals surface area contributed by atoms with Crippen LogP contribution >= 0.6 is 0 Å². The van der Waals surface area contributed by atoms with Gasteiger partial charge in [-0.3, -0.25) is 0 Å². The minimum atomic E-state index is -1.52. The summed E-state index contributed by atoms with van der Waals surface area (Å²) in [7, 11) is 0. The van der Waals surface area contributed by atoms with Crippen molar-refractivity contribution in [3.8, 4) is 0 Å². The summed E-state index contributed by atoms with van der Waals surface area (Å²) in [5.41, 5.74) is 0. The summed E-state index contributed by atoms with van der Waals surface area (Å²) < 4.78 is 9.93. The molecular weight excluding hydrogens is 236 g/mol. The van der Waals surface area contributed by atoms with E-state index in [4.69, 9.17) is 24.8 Å². The van der Waals surface area contributed by atoms with Crippen LogP contribution in [0.1, 0.15) is 0 Å². The number of ether oxygens (including phenoxy) is 2. The molecule has 0 aromatic rings. The van der Waals surface area contributed by atoms with Crippen molar-refractivity contribution in [2.75, 3.05) is 19.8 Å². The first kappa shape index (κ1) is 14.7. The van der Waals surface area contributed by atoms with Gasteiger partial charge >= 0.3 is 0 Å². The Labute approximate surface area is 97.6 Å². The van der Waals surface area contributed by atoms with Crippen LogP contribution in [0, 0.1) is 0 Å². The molecule has 8 nitrogen and oxygen atoms in total. The van der Waals surface area contributed by atoms with Crippen LogP contribution < -0.4 is 0 Å². The lowest BCUT2D eigenvalue weighted by atomic mass is 9.99. The third kappa shape index (κ3) is 3.57. The fourth-order valence-corrected chi connectivity index (χ4v) is 1.46. The molecule has 6 N–H and O–H groups in total. The van der Waals surface area contributed by atoms with Crippen molar-refractivity contribution in [2.45, 2.75) is 36.8 Å². The van der Waals surface area contributed by atoms with Crippen LogP contribution in [0.25, 0.3) is 0 Å². The fourth-order valence-electron chi connectivity index (χ4n) is 1.46. The zero-order valence-corrected chi connectivity index (χ0v) is 9.09. The minimum absolute atomic E-state index is 0.306. The highest BCUT2D eigenvalue weighted by molar-refractivity contribution is 4.88. The average molecular weight is 254 g/mol. The highest BCUT2D eigenvalue weighted by atomic mass is 16.7. The minimum Gasteiger partial charge on any atom is -0.394 e. The van der Waals surface area contributed by atoms with Crippen molar-refractivity contribution in [1.29, 1.82) is 0 Å². The molecule has 17 heavy (non-hydrogen) atoms. The standard InChI is InChI=1S/C9H18O8/c10-1-4(12)3-16-9-8(15)7(14)6(13)5(2-11)17-9/h4-15H,1-3H2/t4-,5?,6-,7?,8?,9+/m0/s1. The molecule has 0 aliphatic carbocycles. The van der Waals surface area contributed by atoms with Crippen molar-refractivity contribution in [2.24, 2.45) is 0 Å². The summed E-state index contributed by atoms with van der Waals surface area (Å²) in [5, 5.41) is 54.9. The Morgan fingerprint density at radius 2 is 1.71 bits per heavy atom. The Bertz CT molecular complexity index is 223. The highest BCUT2D eigenvalue weighted by Gasteiger charge is 2.44. The highest BCUT2D eigenvalue weighted by Crippen LogP contribution is 2.21. The van der Waals surface area contributed by atoms with E-state index < -0.39 is 50.0 Å². The molecule has 1 fully saturated rings. The lowest BCUT2D eigenvalue weighted by Crippen LogP contribution is -2.59. The molecule has 0 aromatic carbocycles. The lowest BCUT2D eigenvalue weighted by molar-refractivity contribution is -0.304. The summed E-state index contributed by atoms with van der Waals surface area (Å²) in [6, 6.07) is 0. The Balaban J connectivity index is 2.53. The molecule has 0 bridgehead atoms. The van der Waals surface area contributed by atoms with Gasteiger partial charge in [-0.15, -0.1) is 0 Å². The summed E-state index contributed by atoms with van der Waals surface area (Å²) in [6.45, 7) is -1.37. The molecule has 1 aliphatic rings. The smallest absolute Gasteiger partial charge is 0.186 e. The summed E-state index contributed by atoms with van der Waals surface area (Å²) in [5.74, 6) is 0. The zero-order valence-electron chi connectivity index (χ0n) is 9.09. The molecule has 0 saturated carbocycles. The molecule has 0 aromatic heterocycles. The van der Waals surface area contributed by atoms with Crippen molar-refractivity contribution < 1.29 is 40.1 Å². The van der Waals surface area contributed by atoms with Crippen LogP contribution in [0.2, 0.25) is 0 Å². The second-order valence-electron chi connectivity index (χ2n) is 3.87. The number of aliphatic hydroxyl groups excluding tert-OH is 6. The van der Waals surface area contributed by atoms with E-state index in [1.807, 2.05) is 0 Å². The molecule has 3 unspecified atom stereocenters. The van der Waals surface area contributed by atoms with Crippen LogP contribution in [0.4, 0.5) is 0 Å². The van der Waals surface area contributed by atoms with E-state index in [1.165, 1.54) is 0 Å². The van der Waals surface area contributed by atoms with E-state index in [-0.39, 0.29) is 6.61 Å². The molecule has 1 rings (SSSR count). The normalized spacial score (nSPS) is 40.2. The first-order valence-corrected chi connectivity index (χ1v) is 5.22. The quantitative estimate of drug-likeness (QED) is 0.293. The van der Waals surface area contributed by atoms with Gasteiger partial charge in [0, 0.05) is 0 Å². The lowest BCUT2D eigenvalue weighted by Gasteiger charge is -2.39. The number of aliphatic hydroxyl groups is 6. The predicted octanol–water partition coefficient (Wildman–Crippen LogP) is -3.84.